The Labute approximate surface area is 131 Å². The molecular weight excluding hydrogens is 278 g/mol. The van der Waals surface area contributed by atoms with Gasteiger partial charge in [0, 0.05) is 23.7 Å². The molecule has 1 aromatic heterocycles. The van der Waals surface area contributed by atoms with Gasteiger partial charge in [-0.15, -0.1) is 0 Å². The number of rotatable bonds is 6. The van der Waals surface area contributed by atoms with Crippen LogP contribution in [-0.2, 0) is 12.8 Å². The Kier molecular flexibility index (Phi) is 5.20. The number of nitrogen functional groups attached to an aromatic ring is 1. The summed E-state index contributed by atoms with van der Waals surface area (Å²) in [6, 6.07) is 5.81. The standard InChI is InChI=1S/C17H23N3O2/c1-5-6-14-11(2)19-17(18)20-15(14)9-12-7-8-13(21-3)10-16(12)22-4/h7-8,10H,5-6,9H2,1-4H3,(H2,18,19,20). The minimum absolute atomic E-state index is 0.319. The van der Waals surface area contributed by atoms with Crippen LogP contribution in [0.3, 0.4) is 0 Å². The van der Waals surface area contributed by atoms with Gasteiger partial charge in [0.1, 0.15) is 11.5 Å². The van der Waals surface area contributed by atoms with Crippen molar-refractivity contribution in [2.75, 3.05) is 20.0 Å². The lowest BCUT2D eigenvalue weighted by Crippen LogP contribution is -2.08. The monoisotopic (exact) mass is 301 g/mol. The average Bonchev–Trinajstić information content (AvgIpc) is 2.51. The molecule has 0 unspecified atom stereocenters. The highest BCUT2D eigenvalue weighted by atomic mass is 16.5. The highest BCUT2D eigenvalue weighted by Crippen LogP contribution is 2.28. The van der Waals surface area contributed by atoms with Crippen LogP contribution in [-0.4, -0.2) is 24.2 Å². The molecule has 1 aromatic carbocycles. The molecule has 0 bridgehead atoms. The molecule has 0 amide bonds. The zero-order valence-electron chi connectivity index (χ0n) is 13.6. The van der Waals surface area contributed by atoms with E-state index in [-0.39, 0.29) is 0 Å². The maximum atomic E-state index is 5.82. The van der Waals surface area contributed by atoms with Crippen LogP contribution in [0, 0.1) is 6.92 Å². The van der Waals surface area contributed by atoms with Gasteiger partial charge in [-0.2, -0.15) is 0 Å². The zero-order valence-corrected chi connectivity index (χ0v) is 13.6. The topological polar surface area (TPSA) is 70.3 Å². The van der Waals surface area contributed by atoms with E-state index in [0.717, 1.165) is 41.3 Å². The summed E-state index contributed by atoms with van der Waals surface area (Å²) in [4.78, 5) is 8.73. The van der Waals surface area contributed by atoms with E-state index < -0.39 is 0 Å². The van der Waals surface area contributed by atoms with E-state index in [9.17, 15) is 0 Å². The quantitative estimate of drug-likeness (QED) is 0.888. The second-order valence-electron chi connectivity index (χ2n) is 5.20. The van der Waals surface area contributed by atoms with E-state index in [1.165, 1.54) is 5.56 Å². The second kappa shape index (κ2) is 7.11. The SMILES string of the molecule is CCCc1c(C)nc(N)nc1Cc1ccc(OC)cc1OC. The number of anilines is 1. The van der Waals surface area contributed by atoms with Gasteiger partial charge in [0.05, 0.1) is 19.9 Å². The van der Waals surface area contributed by atoms with Gasteiger partial charge in [-0.05, 0) is 25.0 Å². The Morgan fingerprint density at radius 2 is 1.91 bits per heavy atom. The lowest BCUT2D eigenvalue weighted by atomic mass is 10.00. The van der Waals surface area contributed by atoms with E-state index in [0.29, 0.717) is 12.4 Å². The van der Waals surface area contributed by atoms with Gasteiger partial charge in [-0.3, -0.25) is 0 Å². The molecule has 2 aromatic rings. The number of hydrogen-bond acceptors (Lipinski definition) is 5. The Balaban J connectivity index is 2.42. The van der Waals surface area contributed by atoms with Crippen LogP contribution in [0.15, 0.2) is 18.2 Å². The number of nitrogens with zero attached hydrogens (tertiary/aromatic N) is 2. The third-order valence-corrected chi connectivity index (χ3v) is 3.67. The van der Waals surface area contributed by atoms with Crippen molar-refractivity contribution in [3.63, 3.8) is 0 Å². The zero-order chi connectivity index (χ0) is 16.1. The van der Waals surface area contributed by atoms with E-state index >= 15 is 0 Å². The molecule has 22 heavy (non-hydrogen) atoms. The summed E-state index contributed by atoms with van der Waals surface area (Å²) in [5.41, 5.74) is 9.97. The molecule has 5 heteroatoms. The Bertz CT molecular complexity index is 657. The van der Waals surface area contributed by atoms with E-state index in [1.54, 1.807) is 14.2 Å². The number of methoxy groups -OCH3 is 2. The number of benzene rings is 1. The summed E-state index contributed by atoms with van der Waals surface area (Å²) in [5.74, 6) is 1.88. The Morgan fingerprint density at radius 3 is 2.55 bits per heavy atom. The van der Waals surface area contributed by atoms with Gasteiger partial charge >= 0.3 is 0 Å². The van der Waals surface area contributed by atoms with E-state index in [1.807, 2.05) is 25.1 Å². The first-order chi connectivity index (χ1) is 10.6. The summed E-state index contributed by atoms with van der Waals surface area (Å²) in [5, 5.41) is 0. The molecule has 0 radical (unpaired) electrons. The van der Waals surface area contributed by atoms with Crippen molar-refractivity contribution in [1.82, 2.24) is 9.97 Å². The molecule has 1 heterocycles. The number of hydrogen-bond donors (Lipinski definition) is 1. The van der Waals surface area contributed by atoms with Crippen LogP contribution in [0.1, 0.15) is 35.9 Å². The minimum Gasteiger partial charge on any atom is -0.497 e. The van der Waals surface area contributed by atoms with Crippen LogP contribution < -0.4 is 15.2 Å². The van der Waals surface area contributed by atoms with Crippen LogP contribution >= 0.6 is 0 Å². The van der Waals surface area contributed by atoms with Crippen molar-refractivity contribution in [2.24, 2.45) is 0 Å². The van der Waals surface area contributed by atoms with Gasteiger partial charge in [0.2, 0.25) is 5.95 Å². The molecule has 0 aliphatic carbocycles. The molecule has 2 rings (SSSR count). The predicted molar refractivity (Wildman–Crippen MR) is 87.5 cm³/mol. The smallest absolute Gasteiger partial charge is 0.220 e. The lowest BCUT2D eigenvalue weighted by molar-refractivity contribution is 0.391. The molecule has 0 atom stereocenters. The fraction of sp³-hybridized carbons (Fsp3) is 0.412. The normalized spacial score (nSPS) is 10.5. The third kappa shape index (κ3) is 3.47. The van der Waals surface area contributed by atoms with Crippen molar-refractivity contribution in [3.8, 4) is 11.5 Å². The fourth-order valence-corrected chi connectivity index (χ4v) is 2.58. The molecule has 118 valence electrons. The lowest BCUT2D eigenvalue weighted by Gasteiger charge is -2.14. The molecule has 2 N–H and O–H groups in total. The van der Waals surface area contributed by atoms with Crippen LogP contribution in [0.4, 0.5) is 5.95 Å². The van der Waals surface area contributed by atoms with Gasteiger partial charge in [-0.1, -0.05) is 19.4 Å². The molecule has 0 spiro atoms. The van der Waals surface area contributed by atoms with E-state index in [2.05, 4.69) is 16.9 Å². The highest BCUT2D eigenvalue weighted by molar-refractivity contribution is 5.44. The van der Waals surface area contributed by atoms with Crippen LogP contribution in [0.2, 0.25) is 0 Å². The first-order valence-corrected chi connectivity index (χ1v) is 7.41. The van der Waals surface area contributed by atoms with Crippen molar-refractivity contribution < 1.29 is 9.47 Å². The van der Waals surface area contributed by atoms with E-state index in [4.69, 9.17) is 15.2 Å². The van der Waals surface area contributed by atoms with Crippen LogP contribution in [0.25, 0.3) is 0 Å². The molecular formula is C17H23N3O2. The second-order valence-corrected chi connectivity index (χ2v) is 5.20. The summed E-state index contributed by atoms with van der Waals surface area (Å²) < 4.78 is 10.7. The Morgan fingerprint density at radius 1 is 1.14 bits per heavy atom. The Hall–Kier alpha value is -2.30. The van der Waals surface area contributed by atoms with Crippen molar-refractivity contribution in [2.45, 2.75) is 33.1 Å². The molecule has 0 aliphatic heterocycles. The summed E-state index contributed by atoms with van der Waals surface area (Å²) in [7, 11) is 3.30. The van der Waals surface area contributed by atoms with Crippen molar-refractivity contribution in [3.05, 3.63) is 40.7 Å². The van der Waals surface area contributed by atoms with Crippen LogP contribution in [0.5, 0.6) is 11.5 Å². The third-order valence-electron chi connectivity index (χ3n) is 3.67. The van der Waals surface area contributed by atoms with Gasteiger partial charge in [0.15, 0.2) is 0 Å². The van der Waals surface area contributed by atoms with Crippen molar-refractivity contribution in [1.29, 1.82) is 0 Å². The maximum absolute atomic E-state index is 5.82. The first-order valence-electron chi connectivity index (χ1n) is 7.41. The predicted octanol–water partition coefficient (Wildman–Crippen LogP) is 2.93. The number of ether oxygens (including phenoxy) is 2. The molecule has 0 aliphatic rings. The fourth-order valence-electron chi connectivity index (χ4n) is 2.58. The summed E-state index contributed by atoms with van der Waals surface area (Å²) in [6.07, 6.45) is 2.65. The molecule has 0 fully saturated rings. The minimum atomic E-state index is 0.319. The van der Waals surface area contributed by atoms with Gasteiger partial charge in [-0.25, -0.2) is 9.97 Å². The molecule has 0 saturated carbocycles. The van der Waals surface area contributed by atoms with Gasteiger partial charge in [0.25, 0.3) is 0 Å². The summed E-state index contributed by atoms with van der Waals surface area (Å²) >= 11 is 0. The van der Waals surface area contributed by atoms with Crippen molar-refractivity contribution >= 4 is 5.95 Å². The molecule has 0 saturated heterocycles. The maximum Gasteiger partial charge on any atom is 0.220 e. The number of aromatic nitrogens is 2. The largest absolute Gasteiger partial charge is 0.497 e. The number of aryl methyl sites for hydroxylation is 1. The molecule has 5 nitrogen and oxygen atoms in total. The summed E-state index contributed by atoms with van der Waals surface area (Å²) in [6.45, 7) is 4.13. The average molecular weight is 301 g/mol. The first kappa shape index (κ1) is 16.1. The van der Waals surface area contributed by atoms with Gasteiger partial charge < -0.3 is 15.2 Å². The number of nitrogens with two attached hydrogens (primary N) is 1. The highest BCUT2D eigenvalue weighted by Gasteiger charge is 2.13.